The Morgan fingerprint density at radius 2 is 1.82 bits per heavy atom. The molecule has 3 heteroatoms. The molecule has 0 radical (unpaired) electrons. The number of aryl methyl sites for hydroxylation is 2. The van der Waals surface area contributed by atoms with Crippen molar-refractivity contribution in [1.29, 1.82) is 0 Å². The minimum absolute atomic E-state index is 0.683. The second-order valence-corrected chi connectivity index (χ2v) is 6.23. The van der Waals surface area contributed by atoms with E-state index in [2.05, 4.69) is 42.3 Å². The first-order chi connectivity index (χ1) is 10.6. The Morgan fingerprint density at radius 1 is 1.09 bits per heavy atom. The molecule has 0 atom stereocenters. The SMILES string of the molecule is Cc1cc(C)c(OCCCN(C)Cc2ccccc2)c(Cl)c1. The Morgan fingerprint density at radius 3 is 2.50 bits per heavy atom. The standard InChI is InChI=1S/C19H24ClNO/c1-15-12-16(2)19(18(20)13-15)22-11-7-10-21(3)14-17-8-5-4-6-9-17/h4-6,8-9,12-13H,7,10-11,14H2,1-3H3. The quantitative estimate of drug-likeness (QED) is 0.676. The third-order valence-corrected chi connectivity index (χ3v) is 3.88. The van der Waals surface area contributed by atoms with Crippen LogP contribution in [0, 0.1) is 13.8 Å². The summed E-state index contributed by atoms with van der Waals surface area (Å²) in [5, 5.41) is 0.704. The summed E-state index contributed by atoms with van der Waals surface area (Å²) in [4.78, 5) is 2.31. The van der Waals surface area contributed by atoms with Gasteiger partial charge in [-0.2, -0.15) is 0 Å². The van der Waals surface area contributed by atoms with E-state index >= 15 is 0 Å². The molecule has 0 bridgehead atoms. The molecule has 0 aliphatic heterocycles. The topological polar surface area (TPSA) is 12.5 Å². The van der Waals surface area contributed by atoms with Crippen LogP contribution < -0.4 is 4.74 Å². The van der Waals surface area contributed by atoms with Gasteiger partial charge in [-0.15, -0.1) is 0 Å². The summed E-state index contributed by atoms with van der Waals surface area (Å²) < 4.78 is 5.86. The van der Waals surface area contributed by atoms with Crippen molar-refractivity contribution >= 4 is 11.6 Å². The van der Waals surface area contributed by atoms with Crippen LogP contribution in [-0.2, 0) is 6.54 Å². The van der Waals surface area contributed by atoms with Gasteiger partial charge in [-0.25, -0.2) is 0 Å². The van der Waals surface area contributed by atoms with Crippen molar-refractivity contribution in [3.05, 3.63) is 64.2 Å². The Kier molecular flexibility index (Phi) is 6.29. The maximum absolute atomic E-state index is 6.25. The van der Waals surface area contributed by atoms with E-state index in [-0.39, 0.29) is 0 Å². The van der Waals surface area contributed by atoms with E-state index in [0.717, 1.165) is 36.4 Å². The average molecular weight is 318 g/mol. The van der Waals surface area contributed by atoms with E-state index in [1.165, 1.54) is 5.56 Å². The van der Waals surface area contributed by atoms with Gasteiger partial charge in [0.25, 0.3) is 0 Å². The van der Waals surface area contributed by atoms with Gasteiger partial charge in [0.1, 0.15) is 5.75 Å². The summed E-state index contributed by atoms with van der Waals surface area (Å²) in [5.74, 6) is 0.818. The molecule has 0 amide bonds. The molecular weight excluding hydrogens is 294 g/mol. The Bertz CT molecular complexity index is 575. The van der Waals surface area contributed by atoms with Crippen molar-refractivity contribution in [3.63, 3.8) is 0 Å². The zero-order chi connectivity index (χ0) is 15.9. The summed E-state index contributed by atoms with van der Waals surface area (Å²) in [6.07, 6.45) is 0.979. The molecule has 0 saturated carbocycles. The van der Waals surface area contributed by atoms with Crippen LogP contribution >= 0.6 is 11.6 Å². The van der Waals surface area contributed by atoms with Crippen molar-refractivity contribution < 1.29 is 4.74 Å². The Labute approximate surface area is 138 Å². The number of hydrogen-bond acceptors (Lipinski definition) is 2. The minimum Gasteiger partial charge on any atom is -0.492 e. The van der Waals surface area contributed by atoms with Gasteiger partial charge in [-0.1, -0.05) is 48.0 Å². The van der Waals surface area contributed by atoms with Gasteiger partial charge in [-0.05, 0) is 50.1 Å². The largest absolute Gasteiger partial charge is 0.492 e. The van der Waals surface area contributed by atoms with Gasteiger partial charge in [0.15, 0.2) is 0 Å². The highest BCUT2D eigenvalue weighted by Gasteiger charge is 2.07. The number of rotatable bonds is 7. The van der Waals surface area contributed by atoms with Crippen molar-refractivity contribution in [1.82, 2.24) is 4.90 Å². The fourth-order valence-electron chi connectivity index (χ4n) is 2.57. The lowest BCUT2D eigenvalue weighted by Crippen LogP contribution is -2.20. The molecule has 2 aromatic rings. The normalized spacial score (nSPS) is 11.0. The summed E-state index contributed by atoms with van der Waals surface area (Å²) in [7, 11) is 2.14. The van der Waals surface area contributed by atoms with Crippen molar-refractivity contribution in [2.75, 3.05) is 20.2 Å². The summed E-state index contributed by atoms with van der Waals surface area (Å²) in [6, 6.07) is 14.6. The third-order valence-electron chi connectivity index (χ3n) is 3.60. The van der Waals surface area contributed by atoms with Crippen molar-refractivity contribution in [2.24, 2.45) is 0 Å². The molecule has 118 valence electrons. The molecule has 0 unspecified atom stereocenters. The van der Waals surface area contributed by atoms with E-state index in [1.54, 1.807) is 0 Å². The molecule has 0 fully saturated rings. The van der Waals surface area contributed by atoms with Gasteiger partial charge in [0.05, 0.1) is 11.6 Å². The number of ether oxygens (including phenoxy) is 1. The van der Waals surface area contributed by atoms with Crippen LogP contribution in [0.5, 0.6) is 5.75 Å². The zero-order valence-electron chi connectivity index (χ0n) is 13.6. The lowest BCUT2D eigenvalue weighted by Gasteiger charge is -2.17. The molecule has 0 heterocycles. The van der Waals surface area contributed by atoms with Crippen LogP contribution in [0.15, 0.2) is 42.5 Å². The Hall–Kier alpha value is -1.51. The molecule has 2 aromatic carbocycles. The van der Waals surface area contributed by atoms with Crippen molar-refractivity contribution in [3.8, 4) is 5.75 Å². The lowest BCUT2D eigenvalue weighted by atomic mass is 10.1. The second kappa shape index (κ2) is 8.21. The number of hydrogen-bond donors (Lipinski definition) is 0. The van der Waals surface area contributed by atoms with Crippen LogP contribution in [0.1, 0.15) is 23.1 Å². The average Bonchev–Trinajstić information content (AvgIpc) is 2.46. The highest BCUT2D eigenvalue weighted by Crippen LogP contribution is 2.29. The number of halogens is 1. The van der Waals surface area contributed by atoms with Gasteiger partial charge in [-0.3, -0.25) is 0 Å². The lowest BCUT2D eigenvalue weighted by molar-refractivity contribution is 0.258. The number of benzene rings is 2. The molecule has 22 heavy (non-hydrogen) atoms. The van der Waals surface area contributed by atoms with Crippen LogP contribution in [0.25, 0.3) is 0 Å². The van der Waals surface area contributed by atoms with Crippen LogP contribution in [0.4, 0.5) is 0 Å². The summed E-state index contributed by atoms with van der Waals surface area (Å²) in [5.41, 5.74) is 3.60. The van der Waals surface area contributed by atoms with Crippen LogP contribution in [0.2, 0.25) is 5.02 Å². The van der Waals surface area contributed by atoms with Crippen LogP contribution in [-0.4, -0.2) is 25.1 Å². The van der Waals surface area contributed by atoms with Gasteiger partial charge in [0.2, 0.25) is 0 Å². The van der Waals surface area contributed by atoms with E-state index < -0.39 is 0 Å². The van der Waals surface area contributed by atoms with Gasteiger partial charge in [0, 0.05) is 13.1 Å². The smallest absolute Gasteiger partial charge is 0.140 e. The Balaban J connectivity index is 1.75. The molecule has 0 aliphatic rings. The molecule has 0 aromatic heterocycles. The van der Waals surface area contributed by atoms with E-state index in [1.807, 2.05) is 26.0 Å². The summed E-state index contributed by atoms with van der Waals surface area (Å²) >= 11 is 6.25. The monoisotopic (exact) mass is 317 g/mol. The minimum atomic E-state index is 0.683. The van der Waals surface area contributed by atoms with Crippen LogP contribution in [0.3, 0.4) is 0 Å². The maximum atomic E-state index is 6.25. The van der Waals surface area contributed by atoms with E-state index in [0.29, 0.717) is 11.6 Å². The summed E-state index contributed by atoms with van der Waals surface area (Å²) in [6.45, 7) is 6.72. The molecule has 0 saturated heterocycles. The van der Waals surface area contributed by atoms with E-state index in [4.69, 9.17) is 16.3 Å². The molecule has 2 nitrogen and oxygen atoms in total. The van der Waals surface area contributed by atoms with Crippen molar-refractivity contribution in [2.45, 2.75) is 26.8 Å². The molecule has 0 aliphatic carbocycles. The second-order valence-electron chi connectivity index (χ2n) is 5.82. The first kappa shape index (κ1) is 16.9. The fraction of sp³-hybridized carbons (Fsp3) is 0.368. The first-order valence-electron chi connectivity index (χ1n) is 7.68. The predicted molar refractivity (Wildman–Crippen MR) is 93.8 cm³/mol. The number of nitrogens with zero attached hydrogens (tertiary/aromatic N) is 1. The van der Waals surface area contributed by atoms with E-state index in [9.17, 15) is 0 Å². The fourth-order valence-corrected chi connectivity index (χ4v) is 2.94. The van der Waals surface area contributed by atoms with Gasteiger partial charge < -0.3 is 9.64 Å². The highest BCUT2D eigenvalue weighted by atomic mass is 35.5. The molecule has 0 spiro atoms. The molecule has 0 N–H and O–H groups in total. The van der Waals surface area contributed by atoms with Gasteiger partial charge >= 0.3 is 0 Å². The molecular formula is C19H24ClNO. The predicted octanol–water partition coefficient (Wildman–Crippen LogP) is 4.86. The zero-order valence-corrected chi connectivity index (χ0v) is 14.4. The first-order valence-corrected chi connectivity index (χ1v) is 8.06. The highest BCUT2D eigenvalue weighted by molar-refractivity contribution is 6.32. The maximum Gasteiger partial charge on any atom is 0.140 e. The third kappa shape index (κ3) is 5.04. The molecule has 2 rings (SSSR count).